The molecule has 218 valence electrons. The summed E-state index contributed by atoms with van der Waals surface area (Å²) in [5.74, 6) is -6.95. The second-order valence-corrected chi connectivity index (χ2v) is 10.5. The maximum atomic E-state index is 15.0. The minimum atomic E-state index is -5.29. The molecule has 0 radical (unpaired) electrons. The van der Waals surface area contributed by atoms with Crippen molar-refractivity contribution in [1.29, 1.82) is 0 Å². The van der Waals surface area contributed by atoms with E-state index in [1.165, 1.54) is 6.07 Å². The van der Waals surface area contributed by atoms with Gasteiger partial charge < -0.3 is 10.6 Å². The summed E-state index contributed by atoms with van der Waals surface area (Å²) in [6.07, 6.45) is -15.3. The smallest absolute Gasteiger partial charge is 0.345 e. The molecule has 1 atom stereocenters. The molecule has 2 aromatic rings. The van der Waals surface area contributed by atoms with Crippen LogP contribution in [0.25, 0.3) is 5.83 Å². The summed E-state index contributed by atoms with van der Waals surface area (Å²) in [6, 6.07) is 4.64. The van der Waals surface area contributed by atoms with Gasteiger partial charge in [0.1, 0.15) is 23.8 Å². The van der Waals surface area contributed by atoms with Crippen molar-refractivity contribution in [1.82, 2.24) is 10.6 Å². The van der Waals surface area contributed by atoms with Gasteiger partial charge >= 0.3 is 18.5 Å². The van der Waals surface area contributed by atoms with E-state index in [-0.39, 0.29) is 29.5 Å². The number of carbonyl (C=O) groups is 2. The Morgan fingerprint density at radius 1 is 0.925 bits per heavy atom. The van der Waals surface area contributed by atoms with Crippen molar-refractivity contribution in [2.75, 3.05) is 6.54 Å². The Labute approximate surface area is 236 Å². The number of benzene rings is 2. The van der Waals surface area contributed by atoms with Gasteiger partial charge in [-0.1, -0.05) is 12.1 Å². The summed E-state index contributed by atoms with van der Waals surface area (Å²) in [5.41, 5.74) is -6.04. The summed E-state index contributed by atoms with van der Waals surface area (Å²) in [4.78, 5) is 24.7. The third kappa shape index (κ3) is 7.77. The zero-order valence-electron chi connectivity index (χ0n) is 19.6. The lowest BCUT2D eigenvalue weighted by Crippen LogP contribution is -2.51. The highest BCUT2D eigenvalue weighted by molar-refractivity contribution is 9.13. The number of hydrogen-bond acceptors (Lipinski definition) is 2. The van der Waals surface area contributed by atoms with Gasteiger partial charge in [0.05, 0.1) is 11.1 Å². The maximum Gasteiger partial charge on any atom is 0.417 e. The van der Waals surface area contributed by atoms with E-state index < -0.39 is 76.4 Å². The fraction of sp³-hybridized carbons (Fsp3) is 0.333. The van der Waals surface area contributed by atoms with Crippen LogP contribution >= 0.6 is 31.9 Å². The van der Waals surface area contributed by atoms with Gasteiger partial charge in [-0.05, 0) is 80.6 Å². The fourth-order valence-electron chi connectivity index (χ4n) is 3.62. The zero-order chi connectivity index (χ0) is 30.3. The van der Waals surface area contributed by atoms with Gasteiger partial charge in [0, 0.05) is 14.5 Å². The van der Waals surface area contributed by atoms with E-state index >= 15 is 0 Å². The highest BCUT2D eigenvalue weighted by Gasteiger charge is 2.52. The van der Waals surface area contributed by atoms with Crippen LogP contribution in [0.2, 0.25) is 0 Å². The van der Waals surface area contributed by atoms with Crippen LogP contribution in [0.4, 0.5) is 43.9 Å². The van der Waals surface area contributed by atoms with Crippen LogP contribution in [0.1, 0.15) is 45.8 Å². The first-order valence-corrected chi connectivity index (χ1v) is 12.6. The number of hydrogen-bond donors (Lipinski definition) is 2. The zero-order valence-corrected chi connectivity index (χ0v) is 22.8. The molecule has 0 saturated heterocycles. The maximum absolute atomic E-state index is 15.0. The summed E-state index contributed by atoms with van der Waals surface area (Å²) in [5, 5.41) is 3.53. The van der Waals surface area contributed by atoms with Crippen molar-refractivity contribution < 1.29 is 53.5 Å². The normalized spacial score (nSPS) is 16.4. The van der Waals surface area contributed by atoms with Crippen LogP contribution in [0.5, 0.6) is 0 Å². The first kappa shape index (κ1) is 31.9. The molecule has 1 saturated carbocycles. The molecule has 16 heteroatoms. The monoisotopic (exact) mass is 712 g/mol. The van der Waals surface area contributed by atoms with Crippen LogP contribution < -0.4 is 10.6 Å². The largest absolute Gasteiger partial charge is 0.417 e. The lowest BCUT2D eigenvalue weighted by molar-refractivity contribution is -0.140. The second kappa shape index (κ2) is 11.3. The summed E-state index contributed by atoms with van der Waals surface area (Å²) in [7, 11) is 0. The molecule has 0 aliphatic heterocycles. The van der Waals surface area contributed by atoms with Crippen molar-refractivity contribution in [3.8, 4) is 0 Å². The van der Waals surface area contributed by atoms with E-state index in [9.17, 15) is 53.5 Å². The standard InChI is InChI=1S/C24H16Br2F10N2O2/c25-16-4-2-11(8-17(16)26)14(23(31,32)33)9-18(27)12-1-3-13(15(7-12)24(34,35)36)19(39)38-21(5-6-21)20(40)37-10-22(28,29)30/h1-4,7-9,14H,5-6,10H2,(H,37,40)(H,38,39)/b18-9-. The van der Waals surface area contributed by atoms with Gasteiger partial charge in [0.25, 0.3) is 5.91 Å². The Balaban J connectivity index is 1.94. The molecule has 0 spiro atoms. The van der Waals surface area contributed by atoms with Crippen LogP contribution in [0, 0.1) is 0 Å². The Kier molecular flexibility index (Phi) is 9.04. The summed E-state index contributed by atoms with van der Waals surface area (Å²) >= 11 is 6.11. The number of amides is 2. The van der Waals surface area contributed by atoms with Crippen molar-refractivity contribution >= 4 is 49.5 Å². The number of alkyl halides is 9. The van der Waals surface area contributed by atoms with Gasteiger partial charge in [0.2, 0.25) is 5.91 Å². The third-order valence-corrected chi connectivity index (χ3v) is 7.68. The van der Waals surface area contributed by atoms with Crippen molar-refractivity contribution in [2.45, 2.75) is 42.8 Å². The molecule has 1 unspecified atom stereocenters. The molecule has 1 aliphatic rings. The van der Waals surface area contributed by atoms with Gasteiger partial charge in [-0.2, -0.15) is 39.5 Å². The van der Waals surface area contributed by atoms with Crippen molar-refractivity contribution in [3.05, 3.63) is 73.7 Å². The topological polar surface area (TPSA) is 58.2 Å². The first-order valence-electron chi connectivity index (χ1n) is 11.0. The van der Waals surface area contributed by atoms with Crippen LogP contribution in [-0.2, 0) is 11.0 Å². The van der Waals surface area contributed by atoms with E-state index in [4.69, 9.17) is 0 Å². The predicted molar refractivity (Wildman–Crippen MR) is 130 cm³/mol. The van der Waals surface area contributed by atoms with Crippen molar-refractivity contribution in [2.24, 2.45) is 0 Å². The Bertz CT molecular complexity index is 1330. The molecule has 0 heterocycles. The van der Waals surface area contributed by atoms with Gasteiger partial charge in [-0.25, -0.2) is 4.39 Å². The molecular weight excluding hydrogens is 698 g/mol. The van der Waals surface area contributed by atoms with E-state index in [0.29, 0.717) is 16.6 Å². The average Bonchev–Trinajstić information content (AvgIpc) is 3.61. The minimum absolute atomic E-state index is 0.0923. The van der Waals surface area contributed by atoms with Gasteiger partial charge in [0.15, 0.2) is 0 Å². The molecule has 2 N–H and O–H groups in total. The number of halogens is 12. The molecule has 1 aliphatic carbocycles. The number of rotatable bonds is 7. The molecule has 0 aromatic heterocycles. The SMILES string of the molecule is O=C(NC1(C(=O)NCC(F)(F)F)CC1)c1ccc(/C(F)=C/C(c2ccc(Br)c(Br)c2)C(F)(F)F)cc1C(F)(F)F. The molecule has 4 nitrogen and oxygen atoms in total. The van der Waals surface area contributed by atoms with Crippen LogP contribution in [0.3, 0.4) is 0 Å². The summed E-state index contributed by atoms with van der Waals surface area (Å²) < 4.78 is 135. The predicted octanol–water partition coefficient (Wildman–Crippen LogP) is 7.83. The fourth-order valence-corrected chi connectivity index (χ4v) is 4.26. The van der Waals surface area contributed by atoms with E-state index in [1.807, 2.05) is 5.32 Å². The quantitative estimate of drug-likeness (QED) is 0.288. The molecule has 2 aromatic carbocycles. The Morgan fingerprint density at radius 2 is 1.55 bits per heavy atom. The van der Waals surface area contributed by atoms with E-state index in [1.54, 1.807) is 5.32 Å². The van der Waals surface area contributed by atoms with Gasteiger partial charge in [-0.15, -0.1) is 0 Å². The molecular formula is C24H16Br2F10N2O2. The van der Waals surface area contributed by atoms with E-state index in [0.717, 1.165) is 12.1 Å². The summed E-state index contributed by atoms with van der Waals surface area (Å²) in [6.45, 7) is -1.73. The highest BCUT2D eigenvalue weighted by Crippen LogP contribution is 2.42. The molecule has 2 amide bonds. The Hall–Kier alpha value is -2.62. The highest BCUT2D eigenvalue weighted by atomic mass is 79.9. The lowest BCUT2D eigenvalue weighted by Gasteiger charge is -2.20. The molecule has 0 bridgehead atoms. The first-order chi connectivity index (χ1) is 18.2. The third-order valence-electron chi connectivity index (χ3n) is 5.80. The second-order valence-electron chi connectivity index (χ2n) is 8.80. The van der Waals surface area contributed by atoms with E-state index in [2.05, 4.69) is 31.9 Å². The van der Waals surface area contributed by atoms with Gasteiger partial charge in [-0.3, -0.25) is 9.59 Å². The van der Waals surface area contributed by atoms with Crippen molar-refractivity contribution in [3.63, 3.8) is 0 Å². The number of allylic oxidation sites excluding steroid dienone is 1. The van der Waals surface area contributed by atoms with Crippen LogP contribution in [-0.4, -0.2) is 36.3 Å². The van der Waals surface area contributed by atoms with Crippen LogP contribution in [0.15, 0.2) is 51.4 Å². The Morgan fingerprint density at radius 3 is 2.05 bits per heavy atom. The number of carbonyl (C=O) groups excluding carboxylic acids is 2. The lowest BCUT2D eigenvalue weighted by atomic mass is 9.95. The average molecular weight is 714 g/mol. The number of nitrogens with one attached hydrogen (secondary N) is 2. The molecule has 40 heavy (non-hydrogen) atoms. The molecule has 3 rings (SSSR count). The molecule has 1 fully saturated rings. The minimum Gasteiger partial charge on any atom is -0.345 e.